The van der Waals surface area contributed by atoms with Gasteiger partial charge in [-0.3, -0.25) is 4.79 Å². The summed E-state index contributed by atoms with van der Waals surface area (Å²) < 4.78 is 5.54. The van der Waals surface area contributed by atoms with Crippen molar-refractivity contribution in [2.75, 3.05) is 32.8 Å². The van der Waals surface area contributed by atoms with Crippen molar-refractivity contribution in [3.63, 3.8) is 0 Å². The van der Waals surface area contributed by atoms with Gasteiger partial charge in [-0.15, -0.1) is 0 Å². The number of rotatable bonds is 10. The first kappa shape index (κ1) is 16.0. The van der Waals surface area contributed by atoms with Crippen molar-refractivity contribution in [1.82, 2.24) is 4.90 Å². The summed E-state index contributed by atoms with van der Waals surface area (Å²) in [5.74, 6) is 0.894. The number of ether oxygens (including phenoxy) is 1. The van der Waals surface area contributed by atoms with Crippen molar-refractivity contribution in [3.8, 4) is 0 Å². The number of hydrogen-bond donors (Lipinski definition) is 1. The van der Waals surface area contributed by atoms with Gasteiger partial charge >= 0.3 is 0 Å². The van der Waals surface area contributed by atoms with Crippen LogP contribution in [0.15, 0.2) is 30.3 Å². The fourth-order valence-electron chi connectivity index (χ4n) is 2.28. The summed E-state index contributed by atoms with van der Waals surface area (Å²) >= 11 is 0. The fraction of sp³-hybridized carbons (Fsp3) is 0.588. The number of hydrogen-bond acceptors (Lipinski definition) is 3. The summed E-state index contributed by atoms with van der Waals surface area (Å²) in [6.07, 6.45) is 3.89. The van der Waals surface area contributed by atoms with E-state index in [9.17, 15) is 4.79 Å². The smallest absolute Gasteiger partial charge is 0.224 e. The van der Waals surface area contributed by atoms with Crippen LogP contribution in [0.3, 0.4) is 0 Å². The van der Waals surface area contributed by atoms with Crippen LogP contribution in [0.25, 0.3) is 0 Å². The van der Waals surface area contributed by atoms with E-state index >= 15 is 0 Å². The third-order valence-corrected chi connectivity index (χ3v) is 3.78. The Balaban J connectivity index is 1.69. The maximum Gasteiger partial charge on any atom is 0.224 e. The Hall–Kier alpha value is -1.39. The van der Waals surface area contributed by atoms with Crippen molar-refractivity contribution in [2.45, 2.75) is 25.7 Å². The first-order valence-corrected chi connectivity index (χ1v) is 7.89. The van der Waals surface area contributed by atoms with Crippen LogP contribution in [0.4, 0.5) is 0 Å². The summed E-state index contributed by atoms with van der Waals surface area (Å²) in [4.78, 5) is 14.1. The van der Waals surface area contributed by atoms with Gasteiger partial charge in [0.25, 0.3) is 0 Å². The second kappa shape index (κ2) is 8.80. The van der Waals surface area contributed by atoms with Crippen LogP contribution in [0.2, 0.25) is 0 Å². The molecule has 0 atom stereocenters. The van der Waals surface area contributed by atoms with E-state index < -0.39 is 0 Å². The molecule has 0 aliphatic heterocycles. The van der Waals surface area contributed by atoms with Crippen LogP contribution in [0, 0.1) is 5.92 Å². The number of carbonyl (C=O) groups excluding carboxylic acids is 1. The van der Waals surface area contributed by atoms with E-state index in [2.05, 4.69) is 12.1 Å². The zero-order valence-electron chi connectivity index (χ0n) is 12.7. The summed E-state index contributed by atoms with van der Waals surface area (Å²) in [6.45, 7) is 3.19. The lowest BCUT2D eigenvalue weighted by molar-refractivity contribution is -0.132. The van der Waals surface area contributed by atoms with Gasteiger partial charge < -0.3 is 15.4 Å². The van der Waals surface area contributed by atoms with Gasteiger partial charge in [0.1, 0.15) is 0 Å². The van der Waals surface area contributed by atoms with Gasteiger partial charge in [-0.1, -0.05) is 30.3 Å². The summed E-state index contributed by atoms with van der Waals surface area (Å²) in [5, 5.41) is 0. The van der Waals surface area contributed by atoms with Gasteiger partial charge in [0.15, 0.2) is 0 Å². The predicted molar refractivity (Wildman–Crippen MR) is 83.9 cm³/mol. The largest absolute Gasteiger partial charge is 0.381 e. The Labute approximate surface area is 127 Å². The molecule has 4 nitrogen and oxygen atoms in total. The zero-order valence-corrected chi connectivity index (χ0v) is 12.7. The third kappa shape index (κ3) is 6.27. The molecule has 0 spiro atoms. The SMILES string of the molecule is NCCN(CCc1ccccc1)C(=O)CCOCC1CC1. The van der Waals surface area contributed by atoms with Crippen LogP contribution < -0.4 is 5.73 Å². The second-order valence-electron chi connectivity index (χ2n) is 5.67. The summed E-state index contributed by atoms with van der Waals surface area (Å²) in [6, 6.07) is 10.2. The van der Waals surface area contributed by atoms with E-state index in [1.165, 1.54) is 18.4 Å². The first-order valence-electron chi connectivity index (χ1n) is 7.89. The maximum atomic E-state index is 12.2. The van der Waals surface area contributed by atoms with Crippen molar-refractivity contribution in [3.05, 3.63) is 35.9 Å². The molecule has 1 aliphatic carbocycles. The molecule has 0 bridgehead atoms. The molecule has 0 saturated heterocycles. The Morgan fingerprint density at radius 3 is 2.67 bits per heavy atom. The highest BCUT2D eigenvalue weighted by atomic mass is 16.5. The minimum Gasteiger partial charge on any atom is -0.381 e. The monoisotopic (exact) mass is 290 g/mol. The molecular formula is C17H26N2O2. The number of benzene rings is 1. The van der Waals surface area contributed by atoms with E-state index in [-0.39, 0.29) is 5.91 Å². The van der Waals surface area contributed by atoms with Crippen LogP contribution >= 0.6 is 0 Å². The summed E-state index contributed by atoms with van der Waals surface area (Å²) in [7, 11) is 0. The molecule has 1 aliphatic rings. The molecule has 1 aromatic rings. The standard InChI is InChI=1S/C17H26N2O2/c18-10-12-19(11-8-15-4-2-1-3-5-15)17(20)9-13-21-14-16-6-7-16/h1-5,16H,6-14,18H2. The molecule has 1 amide bonds. The van der Waals surface area contributed by atoms with Gasteiger partial charge in [-0.25, -0.2) is 0 Å². The quantitative estimate of drug-likeness (QED) is 0.669. The van der Waals surface area contributed by atoms with Crippen LogP contribution in [-0.4, -0.2) is 43.7 Å². The number of carbonyl (C=O) groups is 1. The first-order chi connectivity index (χ1) is 10.3. The molecule has 21 heavy (non-hydrogen) atoms. The highest BCUT2D eigenvalue weighted by Crippen LogP contribution is 2.28. The third-order valence-electron chi connectivity index (χ3n) is 3.78. The van der Waals surface area contributed by atoms with Crippen molar-refractivity contribution in [1.29, 1.82) is 0 Å². The molecule has 2 N–H and O–H groups in total. The van der Waals surface area contributed by atoms with E-state index in [1.54, 1.807) is 0 Å². The topological polar surface area (TPSA) is 55.6 Å². The average molecular weight is 290 g/mol. The molecule has 1 fully saturated rings. The molecule has 1 saturated carbocycles. The zero-order chi connectivity index (χ0) is 14.9. The lowest BCUT2D eigenvalue weighted by Crippen LogP contribution is -2.37. The average Bonchev–Trinajstić information content (AvgIpc) is 3.33. The molecule has 0 aromatic heterocycles. The normalized spacial score (nSPS) is 14.1. The fourth-order valence-corrected chi connectivity index (χ4v) is 2.28. The van der Waals surface area contributed by atoms with Gasteiger partial charge in [0, 0.05) is 26.2 Å². The maximum absolute atomic E-state index is 12.2. The minimum atomic E-state index is 0.146. The molecule has 0 heterocycles. The molecule has 2 rings (SSSR count). The highest BCUT2D eigenvalue weighted by Gasteiger charge is 2.21. The van der Waals surface area contributed by atoms with Gasteiger partial charge in [-0.2, -0.15) is 0 Å². The number of amides is 1. The predicted octanol–water partition coefficient (Wildman–Crippen LogP) is 1.83. The molecular weight excluding hydrogens is 264 g/mol. The summed E-state index contributed by atoms with van der Waals surface area (Å²) in [5.41, 5.74) is 6.86. The molecule has 4 heteroatoms. The highest BCUT2D eigenvalue weighted by molar-refractivity contribution is 5.76. The van der Waals surface area contributed by atoms with Crippen molar-refractivity contribution < 1.29 is 9.53 Å². The number of nitrogens with two attached hydrogens (primary N) is 1. The molecule has 116 valence electrons. The lowest BCUT2D eigenvalue weighted by Gasteiger charge is -2.22. The Bertz CT molecular complexity index is 418. The molecule has 0 radical (unpaired) electrons. The Morgan fingerprint density at radius 2 is 2.00 bits per heavy atom. The van der Waals surface area contributed by atoms with Crippen LogP contribution in [-0.2, 0) is 16.0 Å². The minimum absolute atomic E-state index is 0.146. The van der Waals surface area contributed by atoms with Gasteiger partial charge in [-0.05, 0) is 30.7 Å². The van der Waals surface area contributed by atoms with Gasteiger partial charge in [0.05, 0.1) is 13.0 Å². The van der Waals surface area contributed by atoms with E-state index in [1.807, 2.05) is 23.1 Å². The van der Waals surface area contributed by atoms with Gasteiger partial charge in [0.2, 0.25) is 5.91 Å². The number of nitrogens with zero attached hydrogens (tertiary/aromatic N) is 1. The second-order valence-corrected chi connectivity index (χ2v) is 5.67. The molecule has 0 unspecified atom stereocenters. The lowest BCUT2D eigenvalue weighted by atomic mass is 10.1. The Kier molecular flexibility index (Phi) is 6.70. The Morgan fingerprint density at radius 1 is 1.24 bits per heavy atom. The van der Waals surface area contributed by atoms with E-state index in [0.717, 1.165) is 25.5 Å². The molecule has 1 aromatic carbocycles. The van der Waals surface area contributed by atoms with Crippen molar-refractivity contribution >= 4 is 5.91 Å². The van der Waals surface area contributed by atoms with Crippen molar-refractivity contribution in [2.24, 2.45) is 11.7 Å². The van der Waals surface area contributed by atoms with Crippen LogP contribution in [0.1, 0.15) is 24.8 Å². The van der Waals surface area contributed by atoms with Crippen LogP contribution in [0.5, 0.6) is 0 Å². The van der Waals surface area contributed by atoms with E-state index in [4.69, 9.17) is 10.5 Å². The van der Waals surface area contributed by atoms with E-state index in [0.29, 0.717) is 26.1 Å².